The average molecular weight is 362 g/mol. The zero-order valence-electron chi connectivity index (χ0n) is 16.2. The molecule has 27 heavy (non-hydrogen) atoms. The van der Waals surface area contributed by atoms with Crippen LogP contribution < -0.4 is 5.32 Å². The number of aromatic nitrogens is 3. The third kappa shape index (κ3) is 4.25. The molecule has 0 aliphatic carbocycles. The number of carbonyl (C=O) groups excluding carboxylic acids is 1. The molecule has 0 atom stereocenters. The molecule has 0 unspecified atom stereocenters. The van der Waals surface area contributed by atoms with Crippen LogP contribution in [0.4, 0.5) is 0 Å². The van der Waals surface area contributed by atoms with Gasteiger partial charge in [-0.05, 0) is 55.2 Å². The lowest BCUT2D eigenvalue weighted by Gasteiger charge is -2.09. The number of rotatable bonds is 7. The van der Waals surface area contributed by atoms with Crippen LogP contribution in [0.5, 0.6) is 0 Å². The minimum Gasteiger partial charge on any atom is -0.348 e. The minimum atomic E-state index is -0.0639. The topological polar surface area (TPSA) is 59.8 Å². The molecule has 2 aromatic heterocycles. The summed E-state index contributed by atoms with van der Waals surface area (Å²) in [5.74, 6) is -0.0639. The van der Waals surface area contributed by atoms with Crippen LogP contribution in [0.2, 0.25) is 0 Å². The standard InChI is InChI=1S/C22H26N4O/c1-4-7-19-21(22(27)24-15-17-10-12-23-13-11-17)20(5-2)26(25-19)18-9-6-8-16(3)14-18/h6,8-14H,4-5,7,15H2,1-3H3,(H,24,27). The van der Waals surface area contributed by atoms with Gasteiger partial charge in [-0.3, -0.25) is 9.78 Å². The first-order chi connectivity index (χ1) is 13.1. The fourth-order valence-corrected chi connectivity index (χ4v) is 3.25. The summed E-state index contributed by atoms with van der Waals surface area (Å²) in [4.78, 5) is 17.0. The molecule has 0 fully saturated rings. The second-order valence-electron chi connectivity index (χ2n) is 6.66. The second-order valence-corrected chi connectivity index (χ2v) is 6.66. The summed E-state index contributed by atoms with van der Waals surface area (Å²) in [6.07, 6.45) is 5.93. The van der Waals surface area contributed by atoms with Crippen LogP contribution in [-0.2, 0) is 19.4 Å². The predicted molar refractivity (Wildman–Crippen MR) is 107 cm³/mol. The highest BCUT2D eigenvalue weighted by molar-refractivity contribution is 5.96. The van der Waals surface area contributed by atoms with E-state index < -0.39 is 0 Å². The summed E-state index contributed by atoms with van der Waals surface area (Å²) in [6.45, 7) is 6.72. The second kappa shape index (κ2) is 8.62. The Balaban J connectivity index is 1.96. The van der Waals surface area contributed by atoms with E-state index in [1.54, 1.807) is 12.4 Å². The van der Waals surface area contributed by atoms with Crippen molar-refractivity contribution >= 4 is 5.91 Å². The van der Waals surface area contributed by atoms with Crippen molar-refractivity contribution in [1.82, 2.24) is 20.1 Å². The molecule has 5 nitrogen and oxygen atoms in total. The van der Waals surface area contributed by atoms with Crippen molar-refractivity contribution in [2.24, 2.45) is 0 Å². The summed E-state index contributed by atoms with van der Waals surface area (Å²) >= 11 is 0. The average Bonchev–Trinajstić information content (AvgIpc) is 3.05. The maximum absolute atomic E-state index is 13.0. The molecule has 0 bridgehead atoms. The number of hydrogen-bond acceptors (Lipinski definition) is 3. The SMILES string of the molecule is CCCc1nn(-c2cccc(C)c2)c(CC)c1C(=O)NCc1ccncc1. The number of nitrogens with one attached hydrogen (secondary N) is 1. The van der Waals surface area contributed by atoms with Crippen LogP contribution in [-0.4, -0.2) is 20.7 Å². The fraction of sp³-hybridized carbons (Fsp3) is 0.318. The smallest absolute Gasteiger partial charge is 0.255 e. The molecule has 3 rings (SSSR count). The van der Waals surface area contributed by atoms with E-state index in [0.29, 0.717) is 6.54 Å². The highest BCUT2D eigenvalue weighted by atomic mass is 16.1. The quantitative estimate of drug-likeness (QED) is 0.690. The highest BCUT2D eigenvalue weighted by Crippen LogP contribution is 2.22. The van der Waals surface area contributed by atoms with Gasteiger partial charge in [0.15, 0.2) is 0 Å². The van der Waals surface area contributed by atoms with Crippen molar-refractivity contribution in [3.8, 4) is 5.69 Å². The number of benzene rings is 1. The number of hydrogen-bond donors (Lipinski definition) is 1. The normalized spacial score (nSPS) is 10.8. The Hall–Kier alpha value is -2.95. The summed E-state index contributed by atoms with van der Waals surface area (Å²) in [5, 5.41) is 7.85. The largest absolute Gasteiger partial charge is 0.348 e. The Morgan fingerprint density at radius 2 is 1.93 bits per heavy atom. The zero-order valence-corrected chi connectivity index (χ0v) is 16.2. The van der Waals surface area contributed by atoms with E-state index in [0.717, 1.165) is 47.5 Å². The minimum absolute atomic E-state index is 0.0639. The number of nitrogens with zero attached hydrogens (tertiary/aromatic N) is 3. The molecule has 0 aliphatic heterocycles. The molecule has 0 saturated carbocycles. The molecule has 1 N–H and O–H groups in total. The predicted octanol–water partition coefficient (Wildman–Crippen LogP) is 4.02. The van der Waals surface area contributed by atoms with Crippen LogP contribution in [0.1, 0.15) is 53.1 Å². The molecule has 0 aliphatic rings. The van der Waals surface area contributed by atoms with E-state index in [4.69, 9.17) is 5.10 Å². The Kier molecular flexibility index (Phi) is 6.01. The lowest BCUT2D eigenvalue weighted by Crippen LogP contribution is -2.25. The Morgan fingerprint density at radius 3 is 2.59 bits per heavy atom. The Bertz CT molecular complexity index is 915. The van der Waals surface area contributed by atoms with Crippen molar-refractivity contribution in [1.29, 1.82) is 0 Å². The van der Waals surface area contributed by atoms with E-state index in [1.165, 1.54) is 5.56 Å². The van der Waals surface area contributed by atoms with Gasteiger partial charge in [0.2, 0.25) is 0 Å². The Labute approximate surface area is 160 Å². The molecular weight excluding hydrogens is 336 g/mol. The molecule has 0 saturated heterocycles. The van der Waals surface area contributed by atoms with Crippen LogP contribution in [0, 0.1) is 6.92 Å². The molecule has 1 aromatic carbocycles. The van der Waals surface area contributed by atoms with Gasteiger partial charge in [0, 0.05) is 18.9 Å². The van der Waals surface area contributed by atoms with Gasteiger partial charge in [-0.15, -0.1) is 0 Å². The van der Waals surface area contributed by atoms with E-state index in [-0.39, 0.29) is 5.91 Å². The van der Waals surface area contributed by atoms with Gasteiger partial charge in [0.25, 0.3) is 5.91 Å². The van der Waals surface area contributed by atoms with Crippen LogP contribution in [0.15, 0.2) is 48.8 Å². The fourth-order valence-electron chi connectivity index (χ4n) is 3.25. The first-order valence-electron chi connectivity index (χ1n) is 9.49. The number of amides is 1. The van der Waals surface area contributed by atoms with Crippen molar-refractivity contribution in [2.75, 3.05) is 0 Å². The lowest BCUT2D eigenvalue weighted by atomic mass is 10.1. The third-order valence-corrected chi connectivity index (χ3v) is 4.55. The zero-order chi connectivity index (χ0) is 19.2. The summed E-state index contributed by atoms with van der Waals surface area (Å²) in [5.41, 5.74) is 5.73. The Morgan fingerprint density at radius 1 is 1.15 bits per heavy atom. The third-order valence-electron chi connectivity index (χ3n) is 4.55. The van der Waals surface area contributed by atoms with Crippen molar-refractivity contribution in [3.63, 3.8) is 0 Å². The highest BCUT2D eigenvalue weighted by Gasteiger charge is 2.23. The maximum Gasteiger partial charge on any atom is 0.255 e. The van der Waals surface area contributed by atoms with Gasteiger partial charge in [0.05, 0.1) is 22.6 Å². The maximum atomic E-state index is 13.0. The van der Waals surface area contributed by atoms with Crippen molar-refractivity contribution in [2.45, 2.75) is 46.6 Å². The van der Waals surface area contributed by atoms with E-state index in [2.05, 4.69) is 43.2 Å². The van der Waals surface area contributed by atoms with E-state index >= 15 is 0 Å². The number of aryl methyl sites for hydroxylation is 2. The van der Waals surface area contributed by atoms with Crippen molar-refractivity contribution < 1.29 is 4.79 Å². The summed E-state index contributed by atoms with van der Waals surface area (Å²) in [7, 11) is 0. The van der Waals surface area contributed by atoms with Crippen LogP contribution >= 0.6 is 0 Å². The van der Waals surface area contributed by atoms with Gasteiger partial charge in [-0.2, -0.15) is 5.10 Å². The monoisotopic (exact) mass is 362 g/mol. The molecule has 0 radical (unpaired) electrons. The van der Waals surface area contributed by atoms with Crippen LogP contribution in [0.25, 0.3) is 5.69 Å². The molecule has 3 aromatic rings. The van der Waals surface area contributed by atoms with Crippen LogP contribution in [0.3, 0.4) is 0 Å². The van der Waals surface area contributed by atoms with Gasteiger partial charge in [-0.25, -0.2) is 4.68 Å². The molecule has 1 amide bonds. The molecule has 5 heteroatoms. The number of carbonyl (C=O) groups is 1. The molecular formula is C22H26N4O. The van der Waals surface area contributed by atoms with E-state index in [1.807, 2.05) is 28.9 Å². The molecule has 2 heterocycles. The van der Waals surface area contributed by atoms with Gasteiger partial charge in [0.1, 0.15) is 0 Å². The van der Waals surface area contributed by atoms with Crippen molar-refractivity contribution in [3.05, 3.63) is 76.9 Å². The van der Waals surface area contributed by atoms with Gasteiger partial charge in [-0.1, -0.05) is 32.4 Å². The summed E-state index contributed by atoms with van der Waals surface area (Å²) in [6, 6.07) is 12.0. The summed E-state index contributed by atoms with van der Waals surface area (Å²) < 4.78 is 1.93. The lowest BCUT2D eigenvalue weighted by molar-refractivity contribution is 0.0949. The molecule has 140 valence electrons. The van der Waals surface area contributed by atoms with E-state index in [9.17, 15) is 4.79 Å². The first kappa shape index (κ1) is 18.8. The number of pyridine rings is 1. The molecule has 0 spiro atoms. The van der Waals surface area contributed by atoms with Gasteiger partial charge < -0.3 is 5.32 Å². The first-order valence-corrected chi connectivity index (χ1v) is 9.49. The van der Waals surface area contributed by atoms with Gasteiger partial charge >= 0.3 is 0 Å².